The highest BCUT2D eigenvalue weighted by Gasteiger charge is 2.25. The quantitative estimate of drug-likeness (QED) is 0.663. The van der Waals surface area contributed by atoms with Crippen LogP contribution in [0, 0.1) is 0 Å². The van der Waals surface area contributed by atoms with Crippen LogP contribution in [0.25, 0.3) is 0 Å². The molecule has 23 heavy (non-hydrogen) atoms. The van der Waals surface area contributed by atoms with Crippen molar-refractivity contribution in [2.24, 2.45) is 4.99 Å². The van der Waals surface area contributed by atoms with Crippen LogP contribution in [-0.4, -0.2) is 37.1 Å². The number of halogens is 1. The molecule has 0 bridgehead atoms. The van der Waals surface area contributed by atoms with E-state index in [1.165, 1.54) is 0 Å². The summed E-state index contributed by atoms with van der Waals surface area (Å²) in [5, 5.41) is 7.37. The predicted octanol–water partition coefficient (Wildman–Crippen LogP) is 2.27. The van der Waals surface area contributed by atoms with Gasteiger partial charge in [-0.25, -0.2) is 4.98 Å². The third-order valence-electron chi connectivity index (χ3n) is 3.80. The summed E-state index contributed by atoms with van der Waals surface area (Å²) >= 11 is 6.22. The first-order valence-electron chi connectivity index (χ1n) is 7.61. The Morgan fingerprint density at radius 2 is 2.39 bits per heavy atom. The molecule has 0 saturated carbocycles. The minimum Gasteiger partial charge on any atom is -0.467 e. The van der Waals surface area contributed by atoms with Crippen LogP contribution in [0.4, 0.5) is 5.82 Å². The molecule has 122 valence electrons. The van der Waals surface area contributed by atoms with E-state index in [1.807, 2.05) is 24.3 Å². The summed E-state index contributed by atoms with van der Waals surface area (Å²) in [6, 6.07) is 7.82. The number of nitrogens with zero attached hydrogens (tertiary/aromatic N) is 3. The predicted molar refractivity (Wildman–Crippen MR) is 91.9 cm³/mol. The van der Waals surface area contributed by atoms with Crippen LogP contribution < -0.4 is 15.5 Å². The Hall–Kier alpha value is -2.21. The lowest BCUT2D eigenvalue weighted by Gasteiger charge is -2.20. The van der Waals surface area contributed by atoms with Crippen molar-refractivity contribution >= 4 is 23.4 Å². The molecular weight excluding hydrogens is 314 g/mol. The monoisotopic (exact) mass is 333 g/mol. The summed E-state index contributed by atoms with van der Waals surface area (Å²) in [7, 11) is 1.76. The molecule has 1 saturated heterocycles. The lowest BCUT2D eigenvalue weighted by molar-refractivity contribution is 0.500. The third-order valence-corrected chi connectivity index (χ3v) is 4.10. The molecule has 0 aliphatic carbocycles. The van der Waals surface area contributed by atoms with Crippen molar-refractivity contribution in [2.75, 3.05) is 25.0 Å². The van der Waals surface area contributed by atoms with Crippen LogP contribution in [0.2, 0.25) is 5.02 Å². The van der Waals surface area contributed by atoms with E-state index in [4.69, 9.17) is 16.0 Å². The second kappa shape index (κ2) is 7.37. The zero-order valence-corrected chi connectivity index (χ0v) is 13.8. The van der Waals surface area contributed by atoms with E-state index >= 15 is 0 Å². The van der Waals surface area contributed by atoms with Crippen molar-refractivity contribution < 1.29 is 4.42 Å². The van der Waals surface area contributed by atoms with Gasteiger partial charge < -0.3 is 20.0 Å². The van der Waals surface area contributed by atoms with Crippen molar-refractivity contribution in [1.29, 1.82) is 0 Å². The van der Waals surface area contributed by atoms with Gasteiger partial charge in [0.1, 0.15) is 11.6 Å². The number of guanidine groups is 1. The summed E-state index contributed by atoms with van der Waals surface area (Å²) in [5.74, 6) is 2.48. The molecule has 1 fully saturated rings. The molecule has 3 rings (SSSR count). The van der Waals surface area contributed by atoms with Crippen LogP contribution in [0.3, 0.4) is 0 Å². The third kappa shape index (κ3) is 3.96. The van der Waals surface area contributed by atoms with Crippen molar-refractivity contribution in [3.05, 3.63) is 47.5 Å². The number of anilines is 1. The molecule has 0 aromatic carbocycles. The molecule has 2 N–H and O–H groups in total. The summed E-state index contributed by atoms with van der Waals surface area (Å²) in [6.07, 6.45) is 4.44. The molecule has 2 aromatic heterocycles. The van der Waals surface area contributed by atoms with Gasteiger partial charge in [-0.2, -0.15) is 0 Å². The lowest BCUT2D eigenvalue weighted by atomic mass is 10.3. The topological polar surface area (TPSA) is 65.7 Å². The van der Waals surface area contributed by atoms with E-state index in [-0.39, 0.29) is 0 Å². The Bertz CT molecular complexity index is 658. The van der Waals surface area contributed by atoms with Crippen molar-refractivity contribution in [3.63, 3.8) is 0 Å². The zero-order chi connectivity index (χ0) is 16.1. The summed E-state index contributed by atoms with van der Waals surface area (Å²) < 4.78 is 5.31. The summed E-state index contributed by atoms with van der Waals surface area (Å²) in [4.78, 5) is 10.8. The molecule has 1 atom stereocenters. The molecule has 1 aliphatic rings. The van der Waals surface area contributed by atoms with E-state index in [0.717, 1.165) is 37.0 Å². The van der Waals surface area contributed by atoms with E-state index in [9.17, 15) is 0 Å². The van der Waals surface area contributed by atoms with E-state index < -0.39 is 0 Å². The van der Waals surface area contributed by atoms with Gasteiger partial charge in [0, 0.05) is 32.4 Å². The maximum Gasteiger partial charge on any atom is 0.191 e. The van der Waals surface area contributed by atoms with E-state index in [1.54, 1.807) is 19.5 Å². The zero-order valence-electron chi connectivity index (χ0n) is 13.0. The highest BCUT2D eigenvalue weighted by molar-refractivity contribution is 6.32. The van der Waals surface area contributed by atoms with Crippen LogP contribution in [0.1, 0.15) is 12.2 Å². The number of aromatic nitrogens is 1. The van der Waals surface area contributed by atoms with Crippen LogP contribution in [0.5, 0.6) is 0 Å². The minimum atomic E-state index is 0.302. The number of pyridine rings is 1. The second-order valence-electron chi connectivity index (χ2n) is 5.39. The first-order valence-corrected chi connectivity index (χ1v) is 7.99. The van der Waals surface area contributed by atoms with Gasteiger partial charge in [-0.05, 0) is 30.7 Å². The second-order valence-corrected chi connectivity index (χ2v) is 5.80. The Morgan fingerprint density at radius 3 is 3.13 bits per heavy atom. The molecule has 3 heterocycles. The van der Waals surface area contributed by atoms with Crippen molar-refractivity contribution in [2.45, 2.75) is 19.0 Å². The molecular formula is C16H20ClN5O. The first kappa shape index (κ1) is 15.7. The van der Waals surface area contributed by atoms with Crippen LogP contribution in [0.15, 0.2) is 46.1 Å². The first-order chi connectivity index (χ1) is 11.3. The average molecular weight is 334 g/mol. The smallest absolute Gasteiger partial charge is 0.191 e. The number of nitrogens with one attached hydrogen (secondary N) is 2. The fraction of sp³-hybridized carbons (Fsp3) is 0.375. The normalized spacial score (nSPS) is 18.3. The molecule has 0 spiro atoms. The molecule has 1 aliphatic heterocycles. The molecule has 0 amide bonds. The Kier molecular flexibility index (Phi) is 5.02. The van der Waals surface area contributed by atoms with E-state index in [2.05, 4.69) is 25.5 Å². The average Bonchev–Trinajstić information content (AvgIpc) is 3.23. The number of rotatable bonds is 4. The van der Waals surface area contributed by atoms with Gasteiger partial charge in [-0.15, -0.1) is 0 Å². The maximum atomic E-state index is 6.22. The highest BCUT2D eigenvalue weighted by Crippen LogP contribution is 2.25. The van der Waals surface area contributed by atoms with Gasteiger partial charge in [0.25, 0.3) is 0 Å². The SMILES string of the molecule is CN=C(NCc1ccco1)NC1CCN(c2ncccc2Cl)C1. The molecule has 1 unspecified atom stereocenters. The number of furan rings is 1. The Morgan fingerprint density at radius 1 is 1.48 bits per heavy atom. The standard InChI is InChI=1S/C16H20ClN5O/c1-18-16(20-10-13-4-3-9-23-13)21-12-6-8-22(11-12)15-14(17)5-2-7-19-15/h2-5,7,9,12H,6,8,10-11H2,1H3,(H2,18,20,21). The van der Waals surface area contributed by atoms with Gasteiger partial charge >= 0.3 is 0 Å². The van der Waals surface area contributed by atoms with E-state index in [0.29, 0.717) is 17.6 Å². The summed E-state index contributed by atoms with van der Waals surface area (Å²) in [5.41, 5.74) is 0. The van der Waals surface area contributed by atoms with Crippen molar-refractivity contribution in [1.82, 2.24) is 15.6 Å². The number of hydrogen-bond donors (Lipinski definition) is 2. The number of aliphatic imine (C=N–C) groups is 1. The molecule has 6 nitrogen and oxygen atoms in total. The molecule has 2 aromatic rings. The fourth-order valence-electron chi connectivity index (χ4n) is 2.65. The minimum absolute atomic E-state index is 0.302. The molecule has 0 radical (unpaired) electrons. The van der Waals surface area contributed by atoms with Gasteiger partial charge in [0.05, 0.1) is 17.8 Å². The Balaban J connectivity index is 1.53. The van der Waals surface area contributed by atoms with Crippen LogP contribution in [-0.2, 0) is 6.54 Å². The Labute approximate surface area is 140 Å². The van der Waals surface area contributed by atoms with Gasteiger partial charge in [0.2, 0.25) is 0 Å². The fourth-order valence-corrected chi connectivity index (χ4v) is 2.89. The highest BCUT2D eigenvalue weighted by atomic mass is 35.5. The molecule has 7 heteroatoms. The maximum absolute atomic E-state index is 6.22. The largest absolute Gasteiger partial charge is 0.467 e. The van der Waals surface area contributed by atoms with Gasteiger partial charge in [-0.1, -0.05) is 11.6 Å². The van der Waals surface area contributed by atoms with Gasteiger partial charge in [-0.3, -0.25) is 4.99 Å². The van der Waals surface area contributed by atoms with Crippen LogP contribution >= 0.6 is 11.6 Å². The summed E-state index contributed by atoms with van der Waals surface area (Å²) in [6.45, 7) is 2.37. The van der Waals surface area contributed by atoms with Gasteiger partial charge in [0.15, 0.2) is 5.96 Å². The number of hydrogen-bond acceptors (Lipinski definition) is 4. The van der Waals surface area contributed by atoms with Crippen molar-refractivity contribution in [3.8, 4) is 0 Å². The lowest BCUT2D eigenvalue weighted by Crippen LogP contribution is -2.44.